The van der Waals surface area contributed by atoms with Crippen molar-refractivity contribution in [2.45, 2.75) is 58.5 Å². The van der Waals surface area contributed by atoms with Crippen molar-refractivity contribution in [2.75, 3.05) is 6.54 Å². The molecule has 0 aliphatic heterocycles. The fourth-order valence-corrected chi connectivity index (χ4v) is 3.67. The summed E-state index contributed by atoms with van der Waals surface area (Å²) in [5.74, 6) is -0.763. The third-order valence-electron chi connectivity index (χ3n) is 4.65. The molecule has 0 fully saturated rings. The van der Waals surface area contributed by atoms with E-state index in [1.54, 1.807) is 11.4 Å². The molecule has 0 bridgehead atoms. The average molecular weight is 359 g/mol. The van der Waals surface area contributed by atoms with Crippen LogP contribution in [-0.2, 0) is 11.2 Å². The second-order valence-corrected chi connectivity index (χ2v) is 7.77. The summed E-state index contributed by atoms with van der Waals surface area (Å²) in [5.41, 5.74) is 3.17. The Hall–Kier alpha value is -2.57. The highest BCUT2D eigenvalue weighted by Crippen LogP contribution is 2.39. The molecule has 2 N–H and O–H groups in total. The Kier molecular flexibility index (Phi) is 4.64. The smallest absolute Gasteiger partial charge is 0.407 e. The summed E-state index contributed by atoms with van der Waals surface area (Å²) in [6.07, 6.45) is 3.98. The molecule has 2 aromatic heterocycles. The molecule has 2 heterocycles. The second kappa shape index (κ2) is 6.63. The quantitative estimate of drug-likeness (QED) is 0.874. The third-order valence-corrected chi connectivity index (χ3v) is 4.65. The number of carboxylic acids is 1. The molecule has 0 unspecified atom stereocenters. The number of hydrogen-bond donors (Lipinski definition) is 2. The monoisotopic (exact) mass is 359 g/mol. The molecule has 1 aliphatic rings. The molecule has 1 atom stereocenters. The molecule has 7 nitrogen and oxygen atoms in total. The van der Waals surface area contributed by atoms with Crippen LogP contribution in [0.15, 0.2) is 12.3 Å². The van der Waals surface area contributed by atoms with E-state index >= 15 is 0 Å². The zero-order chi connectivity index (χ0) is 19.1. The third kappa shape index (κ3) is 3.52. The summed E-state index contributed by atoms with van der Waals surface area (Å²) >= 11 is 0. The molecule has 7 heteroatoms. The van der Waals surface area contributed by atoms with Gasteiger partial charge in [0.25, 0.3) is 0 Å². The number of fused-ring (bicyclic) bond motifs is 3. The number of nitrogens with zero attached hydrogens (tertiary/aromatic N) is 2. The highest BCUT2D eigenvalue weighted by molar-refractivity contribution is 5.98. The van der Waals surface area contributed by atoms with Crippen LogP contribution in [0.2, 0.25) is 0 Å². The second-order valence-electron chi connectivity index (χ2n) is 7.77. The van der Waals surface area contributed by atoms with E-state index in [2.05, 4.69) is 10.4 Å². The fraction of sp³-hybridized carbons (Fsp3) is 0.526. The lowest BCUT2D eigenvalue weighted by Gasteiger charge is -2.20. The van der Waals surface area contributed by atoms with Gasteiger partial charge < -0.3 is 15.2 Å². The van der Waals surface area contributed by atoms with E-state index in [0.29, 0.717) is 17.8 Å². The van der Waals surface area contributed by atoms with Gasteiger partial charge >= 0.3 is 12.1 Å². The first-order valence-corrected chi connectivity index (χ1v) is 8.88. The van der Waals surface area contributed by atoms with Crippen molar-refractivity contribution in [3.63, 3.8) is 0 Å². The molecule has 26 heavy (non-hydrogen) atoms. The van der Waals surface area contributed by atoms with Crippen LogP contribution < -0.4 is 5.32 Å². The Balaban J connectivity index is 1.80. The van der Waals surface area contributed by atoms with E-state index in [4.69, 9.17) is 4.74 Å². The van der Waals surface area contributed by atoms with Crippen molar-refractivity contribution < 1.29 is 19.4 Å². The maximum Gasteiger partial charge on any atom is 0.407 e. The topological polar surface area (TPSA) is 92.9 Å². The minimum absolute atomic E-state index is 0.192. The van der Waals surface area contributed by atoms with Crippen molar-refractivity contribution in [3.05, 3.63) is 34.6 Å². The highest BCUT2D eigenvalue weighted by atomic mass is 16.6. The van der Waals surface area contributed by atoms with Crippen molar-refractivity contribution in [1.29, 1.82) is 0 Å². The first kappa shape index (κ1) is 18.2. The zero-order valence-electron chi connectivity index (χ0n) is 15.6. The lowest BCUT2D eigenvalue weighted by atomic mass is 9.95. The Bertz CT molecular complexity index is 864. The summed E-state index contributed by atoms with van der Waals surface area (Å²) < 4.78 is 6.92. The Morgan fingerprint density at radius 2 is 2.15 bits per heavy atom. The SMILES string of the molecule is Cc1nn2ccc3c(c2c1C(=O)O)[C@@H](CCNC(=O)OC(C)(C)C)CC3. The van der Waals surface area contributed by atoms with Gasteiger partial charge in [-0.25, -0.2) is 14.1 Å². The number of carbonyl (C=O) groups is 2. The summed E-state index contributed by atoms with van der Waals surface area (Å²) in [7, 11) is 0. The highest BCUT2D eigenvalue weighted by Gasteiger charge is 2.29. The van der Waals surface area contributed by atoms with E-state index in [9.17, 15) is 14.7 Å². The van der Waals surface area contributed by atoms with Crippen LogP contribution >= 0.6 is 0 Å². The summed E-state index contributed by atoms with van der Waals surface area (Å²) in [5, 5.41) is 16.7. The number of ether oxygens (including phenoxy) is 1. The van der Waals surface area contributed by atoms with Crippen LogP contribution in [0.25, 0.3) is 5.52 Å². The van der Waals surface area contributed by atoms with Gasteiger partial charge in [0.1, 0.15) is 11.2 Å². The fourth-order valence-electron chi connectivity index (χ4n) is 3.67. The minimum atomic E-state index is -0.955. The van der Waals surface area contributed by atoms with Crippen LogP contribution in [0, 0.1) is 6.92 Å². The average Bonchev–Trinajstić information content (AvgIpc) is 3.05. The van der Waals surface area contributed by atoms with E-state index in [-0.39, 0.29) is 11.5 Å². The van der Waals surface area contributed by atoms with Gasteiger partial charge in [0.2, 0.25) is 0 Å². The van der Waals surface area contributed by atoms with Crippen LogP contribution in [0.4, 0.5) is 4.79 Å². The van der Waals surface area contributed by atoms with Crippen LogP contribution in [-0.4, -0.2) is 38.9 Å². The number of alkyl carbamates (subject to hydrolysis) is 1. The lowest BCUT2D eigenvalue weighted by molar-refractivity contribution is 0.0525. The van der Waals surface area contributed by atoms with Crippen molar-refractivity contribution in [1.82, 2.24) is 14.9 Å². The predicted octanol–water partition coefficient (Wildman–Crippen LogP) is 3.29. The summed E-state index contributed by atoms with van der Waals surface area (Å²) in [4.78, 5) is 23.5. The minimum Gasteiger partial charge on any atom is -0.478 e. The number of hydrogen-bond acceptors (Lipinski definition) is 4. The number of aryl methyl sites for hydroxylation is 2. The molecule has 140 valence electrons. The Morgan fingerprint density at radius 1 is 1.42 bits per heavy atom. The Morgan fingerprint density at radius 3 is 2.81 bits per heavy atom. The van der Waals surface area contributed by atoms with E-state index in [0.717, 1.165) is 24.8 Å². The molecule has 0 saturated carbocycles. The largest absolute Gasteiger partial charge is 0.478 e. The zero-order valence-corrected chi connectivity index (χ0v) is 15.6. The van der Waals surface area contributed by atoms with Crippen LogP contribution in [0.3, 0.4) is 0 Å². The first-order valence-electron chi connectivity index (χ1n) is 8.88. The van der Waals surface area contributed by atoms with E-state index in [1.807, 2.05) is 33.0 Å². The number of rotatable bonds is 4. The molecular weight excluding hydrogens is 334 g/mol. The van der Waals surface area contributed by atoms with Crippen molar-refractivity contribution >= 4 is 17.6 Å². The van der Waals surface area contributed by atoms with Gasteiger partial charge in [0.05, 0.1) is 11.2 Å². The van der Waals surface area contributed by atoms with Gasteiger partial charge in [-0.2, -0.15) is 5.10 Å². The van der Waals surface area contributed by atoms with Gasteiger partial charge in [-0.15, -0.1) is 0 Å². The van der Waals surface area contributed by atoms with Gasteiger partial charge in [-0.1, -0.05) is 0 Å². The van der Waals surface area contributed by atoms with Gasteiger partial charge in [0, 0.05) is 12.7 Å². The van der Waals surface area contributed by atoms with Gasteiger partial charge in [-0.05, 0) is 70.1 Å². The molecule has 1 aliphatic carbocycles. The molecular formula is C19H25N3O4. The van der Waals surface area contributed by atoms with Crippen molar-refractivity contribution in [3.8, 4) is 0 Å². The Labute approximate surface area is 152 Å². The summed E-state index contributed by atoms with van der Waals surface area (Å²) in [6, 6.07) is 2.02. The number of carbonyl (C=O) groups excluding carboxylic acids is 1. The number of carboxylic acid groups (broad SMARTS) is 1. The molecule has 0 spiro atoms. The standard InChI is InChI=1S/C19H25N3O4/c1-11-14(17(23)24)16-15-12(5-6-13(15)8-10-22(16)21-11)7-9-20-18(25)26-19(2,3)4/h8,10,12H,5-7,9H2,1-4H3,(H,20,25)(H,23,24)/t12-/m1/s1. The molecule has 1 amide bonds. The van der Waals surface area contributed by atoms with E-state index < -0.39 is 17.7 Å². The molecule has 2 aromatic rings. The predicted molar refractivity (Wildman–Crippen MR) is 96.8 cm³/mol. The molecule has 0 radical (unpaired) electrons. The first-order chi connectivity index (χ1) is 12.2. The summed E-state index contributed by atoms with van der Waals surface area (Å²) in [6.45, 7) is 7.68. The van der Waals surface area contributed by atoms with E-state index in [1.165, 1.54) is 5.56 Å². The number of aromatic carboxylic acids is 1. The van der Waals surface area contributed by atoms with Crippen molar-refractivity contribution in [2.24, 2.45) is 0 Å². The number of pyridine rings is 1. The van der Waals surface area contributed by atoms with Crippen LogP contribution in [0.1, 0.15) is 66.7 Å². The van der Waals surface area contributed by atoms with Gasteiger partial charge in [0.15, 0.2) is 0 Å². The number of aromatic nitrogens is 2. The van der Waals surface area contributed by atoms with Crippen LogP contribution in [0.5, 0.6) is 0 Å². The molecule has 0 saturated heterocycles. The molecule has 3 rings (SSSR count). The molecule has 0 aromatic carbocycles. The normalized spacial score (nSPS) is 16.5. The number of amides is 1. The lowest BCUT2D eigenvalue weighted by Crippen LogP contribution is -2.33. The van der Waals surface area contributed by atoms with Gasteiger partial charge in [-0.3, -0.25) is 0 Å². The maximum atomic E-state index is 11.8. The maximum absolute atomic E-state index is 11.8. The number of nitrogens with one attached hydrogen (secondary N) is 1.